The minimum Gasteiger partial charge on any atom is -0.426 e. The number of ether oxygens (including phenoxy) is 4. The summed E-state index contributed by atoms with van der Waals surface area (Å²) in [6.07, 6.45) is 0.896. The minimum atomic E-state index is -0.628. The lowest BCUT2D eigenvalue weighted by molar-refractivity contribution is -0.146. The first kappa shape index (κ1) is 27.6. The van der Waals surface area contributed by atoms with Crippen molar-refractivity contribution in [3.8, 4) is 28.4 Å². The van der Waals surface area contributed by atoms with E-state index < -0.39 is 18.0 Å². The number of carbonyl (C=O) groups excluding carboxylic acids is 3. The zero-order valence-electron chi connectivity index (χ0n) is 21.6. The molecule has 0 saturated heterocycles. The Bertz CT molecular complexity index is 1180. The second-order valence-electron chi connectivity index (χ2n) is 8.63. The molecule has 2 unspecified atom stereocenters. The highest BCUT2D eigenvalue weighted by molar-refractivity contribution is 5.91. The van der Waals surface area contributed by atoms with Crippen molar-refractivity contribution in [1.82, 2.24) is 0 Å². The smallest absolute Gasteiger partial charge is 0.343 e. The van der Waals surface area contributed by atoms with Crippen LogP contribution in [0.4, 0.5) is 0 Å². The molecule has 0 aliphatic rings. The molecule has 3 aromatic rings. The fraction of sp³-hybridized carbons (Fsp3) is 0.300. The molecule has 0 radical (unpaired) electrons. The number of hydrogen-bond acceptors (Lipinski definition) is 7. The Kier molecular flexibility index (Phi) is 9.98. The fourth-order valence-electron chi connectivity index (χ4n) is 3.20. The molecule has 3 aromatic carbocycles. The quantitative estimate of drug-likeness (QED) is 0.225. The topological polar surface area (TPSA) is 88.1 Å². The number of carbonyl (C=O) groups is 3. The van der Waals surface area contributed by atoms with E-state index in [-0.39, 0.29) is 11.9 Å². The van der Waals surface area contributed by atoms with Gasteiger partial charge in [0, 0.05) is 6.61 Å². The van der Waals surface area contributed by atoms with Crippen LogP contribution in [0.25, 0.3) is 11.1 Å². The summed E-state index contributed by atoms with van der Waals surface area (Å²) >= 11 is 0. The number of benzene rings is 3. The molecular weight excluding hydrogens is 472 g/mol. The molecule has 7 nitrogen and oxygen atoms in total. The first-order valence-electron chi connectivity index (χ1n) is 12.4. The van der Waals surface area contributed by atoms with Gasteiger partial charge in [0.2, 0.25) is 0 Å². The van der Waals surface area contributed by atoms with E-state index in [4.69, 9.17) is 18.9 Å². The van der Waals surface area contributed by atoms with Crippen molar-refractivity contribution in [2.45, 2.75) is 46.6 Å². The molecular formula is C30H32O7. The summed E-state index contributed by atoms with van der Waals surface area (Å²) in [7, 11) is 0. The molecule has 0 amide bonds. The second-order valence-corrected chi connectivity index (χ2v) is 8.63. The SMILES string of the molecule is CCCOC(C)C(=O)Oc1ccc(-c2ccc(C(=O)Oc3ccc(OC(=O)C(C)CC)cc3)cc2)cc1. The normalized spacial score (nSPS) is 12.3. The van der Waals surface area contributed by atoms with Crippen LogP contribution in [0, 0.1) is 5.92 Å². The van der Waals surface area contributed by atoms with E-state index >= 15 is 0 Å². The van der Waals surface area contributed by atoms with Gasteiger partial charge in [-0.2, -0.15) is 0 Å². The van der Waals surface area contributed by atoms with Crippen LogP contribution in [-0.2, 0) is 14.3 Å². The van der Waals surface area contributed by atoms with Crippen molar-refractivity contribution >= 4 is 17.9 Å². The minimum absolute atomic E-state index is 0.185. The molecule has 0 spiro atoms. The van der Waals surface area contributed by atoms with E-state index in [1.54, 1.807) is 55.5 Å². The zero-order chi connectivity index (χ0) is 26.8. The largest absolute Gasteiger partial charge is 0.426 e. The average Bonchev–Trinajstić information content (AvgIpc) is 2.92. The molecule has 0 saturated carbocycles. The second kappa shape index (κ2) is 13.4. The van der Waals surface area contributed by atoms with Crippen molar-refractivity contribution in [1.29, 1.82) is 0 Å². The van der Waals surface area contributed by atoms with E-state index in [1.807, 2.05) is 45.0 Å². The molecule has 0 fully saturated rings. The third-order valence-electron chi connectivity index (χ3n) is 5.70. The summed E-state index contributed by atoms with van der Waals surface area (Å²) in [5.74, 6) is -0.249. The van der Waals surface area contributed by atoms with Gasteiger partial charge in [0.1, 0.15) is 17.2 Å². The highest BCUT2D eigenvalue weighted by Gasteiger charge is 2.16. The lowest BCUT2D eigenvalue weighted by Gasteiger charge is -2.12. The Morgan fingerprint density at radius 2 is 1.11 bits per heavy atom. The van der Waals surface area contributed by atoms with Crippen LogP contribution in [0.3, 0.4) is 0 Å². The maximum absolute atomic E-state index is 12.6. The zero-order valence-corrected chi connectivity index (χ0v) is 21.6. The van der Waals surface area contributed by atoms with Gasteiger partial charge in [0.05, 0.1) is 11.5 Å². The van der Waals surface area contributed by atoms with Crippen LogP contribution >= 0.6 is 0 Å². The van der Waals surface area contributed by atoms with Gasteiger partial charge >= 0.3 is 17.9 Å². The summed E-state index contributed by atoms with van der Waals surface area (Å²) < 4.78 is 21.5. The Morgan fingerprint density at radius 1 is 0.649 bits per heavy atom. The van der Waals surface area contributed by atoms with E-state index in [0.29, 0.717) is 35.8 Å². The lowest BCUT2D eigenvalue weighted by atomic mass is 10.0. The predicted octanol–water partition coefficient (Wildman–Crippen LogP) is 6.24. The van der Waals surface area contributed by atoms with Gasteiger partial charge in [-0.1, -0.05) is 45.0 Å². The molecule has 0 heterocycles. The monoisotopic (exact) mass is 504 g/mol. The van der Waals surface area contributed by atoms with Gasteiger partial charge in [0.25, 0.3) is 0 Å². The number of esters is 3. The van der Waals surface area contributed by atoms with E-state index in [2.05, 4.69) is 0 Å². The third kappa shape index (κ3) is 8.02. The summed E-state index contributed by atoms with van der Waals surface area (Å²) in [5.41, 5.74) is 2.18. The molecule has 2 atom stereocenters. The van der Waals surface area contributed by atoms with Crippen molar-refractivity contribution in [2.24, 2.45) is 5.92 Å². The van der Waals surface area contributed by atoms with Crippen LogP contribution in [0.5, 0.6) is 17.2 Å². The van der Waals surface area contributed by atoms with Gasteiger partial charge in [-0.25, -0.2) is 9.59 Å². The van der Waals surface area contributed by atoms with Crippen molar-refractivity contribution in [2.75, 3.05) is 6.61 Å². The molecule has 0 aromatic heterocycles. The van der Waals surface area contributed by atoms with Crippen LogP contribution in [0.2, 0.25) is 0 Å². The van der Waals surface area contributed by atoms with Gasteiger partial charge in [-0.3, -0.25) is 4.79 Å². The van der Waals surface area contributed by atoms with E-state index in [0.717, 1.165) is 17.5 Å². The Morgan fingerprint density at radius 3 is 1.62 bits per heavy atom. The standard InChI is InChI=1S/C30H32O7/c1-5-19-34-21(4)29(32)36-25-13-11-23(12-14-25)22-7-9-24(10-8-22)30(33)37-27-17-15-26(16-18-27)35-28(31)20(3)6-2/h7-18,20-21H,5-6,19H2,1-4H3. The summed E-state index contributed by atoms with van der Waals surface area (Å²) in [6.45, 7) is 7.87. The van der Waals surface area contributed by atoms with Crippen molar-refractivity contribution < 1.29 is 33.3 Å². The molecule has 0 aliphatic heterocycles. The fourth-order valence-corrected chi connectivity index (χ4v) is 3.20. The van der Waals surface area contributed by atoms with Crippen LogP contribution in [-0.4, -0.2) is 30.6 Å². The third-order valence-corrected chi connectivity index (χ3v) is 5.70. The molecule has 3 rings (SSSR count). The Balaban J connectivity index is 1.56. The first-order valence-corrected chi connectivity index (χ1v) is 12.4. The van der Waals surface area contributed by atoms with Crippen molar-refractivity contribution in [3.63, 3.8) is 0 Å². The van der Waals surface area contributed by atoms with Gasteiger partial charge in [0.15, 0.2) is 6.10 Å². The molecule has 0 aliphatic carbocycles. The maximum Gasteiger partial charge on any atom is 0.343 e. The summed E-state index contributed by atoms with van der Waals surface area (Å²) in [6, 6.07) is 20.4. The molecule has 0 bridgehead atoms. The molecule has 7 heteroatoms. The molecule has 194 valence electrons. The van der Waals surface area contributed by atoms with E-state index in [9.17, 15) is 14.4 Å². The van der Waals surface area contributed by atoms with E-state index in [1.165, 1.54) is 0 Å². The highest BCUT2D eigenvalue weighted by atomic mass is 16.6. The summed E-state index contributed by atoms with van der Waals surface area (Å²) in [4.78, 5) is 36.5. The Labute approximate surface area is 217 Å². The molecule has 37 heavy (non-hydrogen) atoms. The van der Waals surface area contributed by atoms with Crippen molar-refractivity contribution in [3.05, 3.63) is 78.4 Å². The average molecular weight is 505 g/mol. The lowest BCUT2D eigenvalue weighted by Crippen LogP contribution is -2.26. The Hall–Kier alpha value is -3.97. The van der Waals surface area contributed by atoms with Crippen LogP contribution in [0.15, 0.2) is 72.8 Å². The maximum atomic E-state index is 12.6. The van der Waals surface area contributed by atoms with Gasteiger partial charge in [-0.05, 0) is 79.4 Å². The first-order chi connectivity index (χ1) is 17.8. The van der Waals surface area contributed by atoms with Gasteiger partial charge in [-0.15, -0.1) is 0 Å². The molecule has 0 N–H and O–H groups in total. The predicted molar refractivity (Wildman–Crippen MR) is 140 cm³/mol. The van der Waals surface area contributed by atoms with Gasteiger partial charge < -0.3 is 18.9 Å². The number of hydrogen-bond donors (Lipinski definition) is 0. The van der Waals surface area contributed by atoms with Crippen LogP contribution < -0.4 is 14.2 Å². The summed E-state index contributed by atoms with van der Waals surface area (Å²) in [5, 5.41) is 0. The van der Waals surface area contributed by atoms with Crippen LogP contribution in [0.1, 0.15) is 50.9 Å². The highest BCUT2D eigenvalue weighted by Crippen LogP contribution is 2.24. The number of rotatable bonds is 11.